The molecule has 0 N–H and O–H groups in total. The lowest BCUT2D eigenvalue weighted by atomic mass is 10.1. The fourth-order valence-corrected chi connectivity index (χ4v) is 1.62. The highest BCUT2D eigenvalue weighted by Crippen LogP contribution is 2.21. The van der Waals surface area contributed by atoms with Crippen molar-refractivity contribution < 1.29 is 9.13 Å². The van der Waals surface area contributed by atoms with Crippen molar-refractivity contribution in [3.05, 3.63) is 64.4 Å². The van der Waals surface area contributed by atoms with E-state index >= 15 is 0 Å². The number of hydrogen-bond donors (Lipinski definition) is 0. The smallest absolute Gasteiger partial charge is 0.145 e. The third-order valence-corrected chi connectivity index (χ3v) is 2.85. The van der Waals surface area contributed by atoms with Gasteiger partial charge in [0, 0.05) is 6.07 Å². The highest BCUT2D eigenvalue weighted by atomic mass is 35.5. The second kappa shape index (κ2) is 5.19. The van der Waals surface area contributed by atoms with Crippen LogP contribution in [0, 0.1) is 12.7 Å². The van der Waals surface area contributed by atoms with E-state index in [9.17, 15) is 4.39 Å². The molecule has 0 radical (unpaired) electrons. The largest absolute Gasteiger partial charge is 0.489 e. The molecule has 0 spiro atoms. The van der Waals surface area contributed by atoms with E-state index in [1.54, 1.807) is 6.07 Å². The van der Waals surface area contributed by atoms with Gasteiger partial charge in [-0.15, -0.1) is 0 Å². The van der Waals surface area contributed by atoms with E-state index < -0.39 is 5.82 Å². The molecule has 0 aliphatic carbocycles. The van der Waals surface area contributed by atoms with Crippen LogP contribution in [-0.2, 0) is 6.61 Å². The second-order valence-corrected chi connectivity index (χ2v) is 4.20. The summed E-state index contributed by atoms with van der Waals surface area (Å²) >= 11 is 5.59. The second-order valence-electron chi connectivity index (χ2n) is 3.79. The summed E-state index contributed by atoms with van der Waals surface area (Å²) in [4.78, 5) is 0. The first kappa shape index (κ1) is 11.9. The molecule has 0 aromatic heterocycles. The first-order chi connectivity index (χ1) is 8.16. The number of rotatable bonds is 3. The van der Waals surface area contributed by atoms with Gasteiger partial charge in [0.25, 0.3) is 0 Å². The zero-order valence-electron chi connectivity index (χ0n) is 9.41. The summed E-state index contributed by atoms with van der Waals surface area (Å²) in [6.45, 7) is 2.44. The molecule has 0 atom stereocenters. The Hall–Kier alpha value is -1.54. The predicted octanol–water partition coefficient (Wildman–Crippen LogP) is 4.37. The lowest BCUT2D eigenvalue weighted by molar-refractivity contribution is 0.304. The highest BCUT2D eigenvalue weighted by molar-refractivity contribution is 6.30. The monoisotopic (exact) mass is 250 g/mol. The van der Waals surface area contributed by atoms with Gasteiger partial charge in [0.15, 0.2) is 0 Å². The minimum Gasteiger partial charge on any atom is -0.489 e. The molecule has 0 heterocycles. The van der Waals surface area contributed by atoms with Crippen LogP contribution >= 0.6 is 11.6 Å². The van der Waals surface area contributed by atoms with Gasteiger partial charge in [0.1, 0.15) is 18.2 Å². The fourth-order valence-electron chi connectivity index (χ4n) is 1.50. The van der Waals surface area contributed by atoms with Crippen LogP contribution in [0.3, 0.4) is 0 Å². The van der Waals surface area contributed by atoms with Crippen molar-refractivity contribution in [3.63, 3.8) is 0 Å². The Labute approximate surface area is 105 Å². The minimum absolute atomic E-state index is 0.105. The van der Waals surface area contributed by atoms with Gasteiger partial charge in [-0.3, -0.25) is 0 Å². The molecular weight excluding hydrogens is 239 g/mol. The van der Waals surface area contributed by atoms with Gasteiger partial charge in [-0.05, 0) is 30.2 Å². The van der Waals surface area contributed by atoms with Gasteiger partial charge >= 0.3 is 0 Å². The van der Waals surface area contributed by atoms with Crippen LogP contribution in [0.4, 0.5) is 4.39 Å². The molecule has 0 fully saturated rings. The Morgan fingerprint density at radius 3 is 2.65 bits per heavy atom. The van der Waals surface area contributed by atoms with Crippen molar-refractivity contribution in [3.8, 4) is 5.75 Å². The van der Waals surface area contributed by atoms with E-state index in [1.165, 1.54) is 12.1 Å². The molecule has 0 saturated heterocycles. The molecule has 0 amide bonds. The maximum Gasteiger partial charge on any atom is 0.145 e. The van der Waals surface area contributed by atoms with Crippen molar-refractivity contribution >= 4 is 11.6 Å². The van der Waals surface area contributed by atoms with Gasteiger partial charge in [0.05, 0.1) is 5.02 Å². The van der Waals surface area contributed by atoms with Crippen LogP contribution in [0.25, 0.3) is 0 Å². The lowest BCUT2D eigenvalue weighted by Gasteiger charge is -2.08. The highest BCUT2D eigenvalue weighted by Gasteiger charge is 2.03. The zero-order valence-corrected chi connectivity index (χ0v) is 10.2. The van der Waals surface area contributed by atoms with Crippen molar-refractivity contribution in [1.82, 2.24) is 0 Å². The topological polar surface area (TPSA) is 9.23 Å². The SMILES string of the molecule is Cc1ccccc1COc1ccc(Cl)c(F)c1. The van der Waals surface area contributed by atoms with E-state index in [1.807, 2.05) is 31.2 Å². The summed E-state index contributed by atoms with van der Waals surface area (Å²) < 4.78 is 18.7. The standard InChI is InChI=1S/C14H12ClFO/c1-10-4-2-3-5-11(10)9-17-12-6-7-13(15)14(16)8-12/h2-8H,9H2,1H3. The molecule has 2 aromatic rings. The van der Waals surface area contributed by atoms with Gasteiger partial charge in [0.2, 0.25) is 0 Å². The molecular formula is C14H12ClFO. The van der Waals surface area contributed by atoms with E-state index in [4.69, 9.17) is 16.3 Å². The predicted molar refractivity (Wildman–Crippen MR) is 66.9 cm³/mol. The quantitative estimate of drug-likeness (QED) is 0.786. The molecule has 2 aromatic carbocycles. The van der Waals surface area contributed by atoms with Crippen LogP contribution in [0.1, 0.15) is 11.1 Å². The molecule has 88 valence electrons. The molecule has 0 saturated carbocycles. The molecule has 0 bridgehead atoms. The molecule has 2 rings (SSSR count). The number of halogens is 2. The molecule has 17 heavy (non-hydrogen) atoms. The van der Waals surface area contributed by atoms with Crippen molar-refractivity contribution in [1.29, 1.82) is 0 Å². The van der Waals surface area contributed by atoms with Gasteiger partial charge < -0.3 is 4.74 Å². The maximum atomic E-state index is 13.2. The number of hydrogen-bond acceptors (Lipinski definition) is 1. The average molecular weight is 251 g/mol. The Morgan fingerprint density at radius 2 is 1.94 bits per heavy atom. The number of ether oxygens (including phenoxy) is 1. The van der Waals surface area contributed by atoms with Crippen molar-refractivity contribution in [2.45, 2.75) is 13.5 Å². The summed E-state index contributed by atoms with van der Waals surface area (Å²) in [6, 6.07) is 12.4. The van der Waals surface area contributed by atoms with Gasteiger partial charge in [-0.1, -0.05) is 35.9 Å². The summed E-state index contributed by atoms with van der Waals surface area (Å²) in [5, 5.41) is 0.105. The van der Waals surface area contributed by atoms with Crippen LogP contribution in [0.5, 0.6) is 5.75 Å². The van der Waals surface area contributed by atoms with E-state index in [2.05, 4.69) is 0 Å². The maximum absolute atomic E-state index is 13.2. The Morgan fingerprint density at radius 1 is 1.18 bits per heavy atom. The van der Waals surface area contributed by atoms with E-state index in [-0.39, 0.29) is 5.02 Å². The van der Waals surface area contributed by atoms with E-state index in [0.29, 0.717) is 12.4 Å². The first-order valence-corrected chi connectivity index (χ1v) is 5.67. The van der Waals surface area contributed by atoms with Crippen LogP contribution in [0.2, 0.25) is 5.02 Å². The van der Waals surface area contributed by atoms with Crippen LogP contribution in [0.15, 0.2) is 42.5 Å². The first-order valence-electron chi connectivity index (χ1n) is 5.29. The molecule has 3 heteroatoms. The fraction of sp³-hybridized carbons (Fsp3) is 0.143. The minimum atomic E-state index is -0.464. The van der Waals surface area contributed by atoms with Crippen molar-refractivity contribution in [2.24, 2.45) is 0 Å². The van der Waals surface area contributed by atoms with Crippen LogP contribution < -0.4 is 4.74 Å². The Kier molecular flexibility index (Phi) is 3.64. The van der Waals surface area contributed by atoms with Crippen LogP contribution in [-0.4, -0.2) is 0 Å². The normalized spacial score (nSPS) is 10.3. The number of aryl methyl sites for hydroxylation is 1. The van der Waals surface area contributed by atoms with Gasteiger partial charge in [-0.2, -0.15) is 0 Å². The molecule has 0 aliphatic rings. The third kappa shape index (κ3) is 2.98. The van der Waals surface area contributed by atoms with E-state index in [0.717, 1.165) is 11.1 Å². The summed E-state index contributed by atoms with van der Waals surface area (Å²) in [6.07, 6.45) is 0. The molecule has 0 unspecified atom stereocenters. The summed E-state index contributed by atoms with van der Waals surface area (Å²) in [7, 11) is 0. The lowest BCUT2D eigenvalue weighted by Crippen LogP contribution is -1.97. The van der Waals surface area contributed by atoms with Crippen molar-refractivity contribution in [2.75, 3.05) is 0 Å². The summed E-state index contributed by atoms with van der Waals surface area (Å²) in [5.74, 6) is 0.0177. The Balaban J connectivity index is 2.08. The zero-order chi connectivity index (χ0) is 12.3. The molecule has 0 aliphatic heterocycles. The number of benzene rings is 2. The summed E-state index contributed by atoms with van der Waals surface area (Å²) in [5.41, 5.74) is 2.24. The Bertz CT molecular complexity index is 525. The average Bonchev–Trinajstić information content (AvgIpc) is 2.32. The molecule has 1 nitrogen and oxygen atoms in total. The third-order valence-electron chi connectivity index (χ3n) is 2.55. The van der Waals surface area contributed by atoms with Gasteiger partial charge in [-0.25, -0.2) is 4.39 Å².